The maximum atomic E-state index is 12.4. The number of hydrogen-bond donors (Lipinski definition) is 1. The highest BCUT2D eigenvalue weighted by Crippen LogP contribution is 2.24. The van der Waals surface area contributed by atoms with E-state index in [0.29, 0.717) is 24.6 Å². The monoisotopic (exact) mass is 384 g/mol. The SMILES string of the molecule is CCOc1ccccc1NC(=O)CN1CCN(c2ccc([N+](=O)[O-])cc2)CC1. The van der Waals surface area contributed by atoms with E-state index in [-0.39, 0.29) is 11.6 Å². The molecule has 3 rings (SSSR count). The van der Waals surface area contributed by atoms with Crippen molar-refractivity contribution >= 4 is 23.0 Å². The number of rotatable bonds is 7. The average Bonchev–Trinajstić information content (AvgIpc) is 2.70. The van der Waals surface area contributed by atoms with Gasteiger partial charge in [-0.15, -0.1) is 0 Å². The molecule has 1 fully saturated rings. The predicted molar refractivity (Wildman–Crippen MR) is 108 cm³/mol. The van der Waals surface area contributed by atoms with Gasteiger partial charge in [0.1, 0.15) is 5.75 Å². The molecule has 148 valence electrons. The zero-order valence-corrected chi connectivity index (χ0v) is 15.8. The predicted octanol–water partition coefficient (Wildman–Crippen LogP) is 2.75. The third kappa shape index (κ3) is 4.98. The number of piperazine rings is 1. The van der Waals surface area contributed by atoms with Crippen LogP contribution in [0.4, 0.5) is 17.1 Å². The molecule has 1 saturated heterocycles. The highest BCUT2D eigenvalue weighted by Gasteiger charge is 2.20. The van der Waals surface area contributed by atoms with E-state index in [4.69, 9.17) is 4.74 Å². The number of anilines is 2. The summed E-state index contributed by atoms with van der Waals surface area (Å²) in [5, 5.41) is 13.7. The molecule has 8 nitrogen and oxygen atoms in total. The van der Waals surface area contributed by atoms with E-state index in [1.165, 1.54) is 12.1 Å². The van der Waals surface area contributed by atoms with Crippen LogP contribution in [-0.2, 0) is 4.79 Å². The molecule has 0 saturated carbocycles. The van der Waals surface area contributed by atoms with Gasteiger partial charge >= 0.3 is 0 Å². The van der Waals surface area contributed by atoms with Crippen LogP contribution in [0.3, 0.4) is 0 Å². The summed E-state index contributed by atoms with van der Waals surface area (Å²) < 4.78 is 5.54. The summed E-state index contributed by atoms with van der Waals surface area (Å²) in [7, 11) is 0. The lowest BCUT2D eigenvalue weighted by Crippen LogP contribution is -2.48. The van der Waals surface area contributed by atoms with Crippen LogP contribution in [0.1, 0.15) is 6.92 Å². The van der Waals surface area contributed by atoms with Crippen molar-refractivity contribution in [3.8, 4) is 5.75 Å². The van der Waals surface area contributed by atoms with Crippen LogP contribution in [0.15, 0.2) is 48.5 Å². The Bertz CT molecular complexity index is 817. The lowest BCUT2D eigenvalue weighted by atomic mass is 10.2. The third-order valence-corrected chi connectivity index (χ3v) is 4.63. The second-order valence-electron chi connectivity index (χ2n) is 6.51. The summed E-state index contributed by atoms with van der Waals surface area (Å²) in [6.45, 7) is 5.78. The number of benzene rings is 2. The molecule has 0 spiro atoms. The summed E-state index contributed by atoms with van der Waals surface area (Å²) >= 11 is 0. The van der Waals surface area contributed by atoms with Crippen molar-refractivity contribution in [1.29, 1.82) is 0 Å². The van der Waals surface area contributed by atoms with Gasteiger partial charge in [-0.2, -0.15) is 0 Å². The molecule has 0 radical (unpaired) electrons. The number of para-hydroxylation sites is 2. The molecule has 28 heavy (non-hydrogen) atoms. The fourth-order valence-corrected chi connectivity index (χ4v) is 3.19. The van der Waals surface area contributed by atoms with Crippen LogP contribution in [0, 0.1) is 10.1 Å². The molecule has 0 aliphatic carbocycles. The zero-order chi connectivity index (χ0) is 19.9. The van der Waals surface area contributed by atoms with E-state index in [0.717, 1.165) is 31.9 Å². The number of hydrogen-bond acceptors (Lipinski definition) is 6. The molecule has 1 N–H and O–H groups in total. The first-order chi connectivity index (χ1) is 13.6. The van der Waals surface area contributed by atoms with Crippen molar-refractivity contribution in [2.24, 2.45) is 0 Å². The molecule has 1 amide bonds. The van der Waals surface area contributed by atoms with Gasteiger partial charge in [-0.3, -0.25) is 19.8 Å². The van der Waals surface area contributed by atoms with E-state index >= 15 is 0 Å². The second-order valence-corrected chi connectivity index (χ2v) is 6.51. The quantitative estimate of drug-likeness (QED) is 0.583. The number of nitrogens with one attached hydrogen (secondary N) is 1. The van der Waals surface area contributed by atoms with Gasteiger partial charge in [-0.25, -0.2) is 0 Å². The molecule has 0 aromatic heterocycles. The number of carbonyl (C=O) groups is 1. The lowest BCUT2D eigenvalue weighted by Gasteiger charge is -2.35. The van der Waals surface area contributed by atoms with Gasteiger partial charge in [-0.05, 0) is 31.2 Å². The molecule has 0 atom stereocenters. The fourth-order valence-electron chi connectivity index (χ4n) is 3.19. The van der Waals surface area contributed by atoms with E-state index in [2.05, 4.69) is 15.1 Å². The topological polar surface area (TPSA) is 88.0 Å². The van der Waals surface area contributed by atoms with E-state index in [9.17, 15) is 14.9 Å². The van der Waals surface area contributed by atoms with Crippen LogP contribution in [0.2, 0.25) is 0 Å². The maximum absolute atomic E-state index is 12.4. The van der Waals surface area contributed by atoms with Crippen molar-refractivity contribution in [2.75, 3.05) is 49.5 Å². The normalized spacial score (nSPS) is 14.5. The minimum atomic E-state index is -0.399. The number of nitro groups is 1. The van der Waals surface area contributed by atoms with Crippen molar-refractivity contribution in [3.05, 3.63) is 58.6 Å². The molecule has 1 aliphatic rings. The lowest BCUT2D eigenvalue weighted by molar-refractivity contribution is -0.384. The van der Waals surface area contributed by atoms with Crippen LogP contribution in [0.5, 0.6) is 5.75 Å². The van der Waals surface area contributed by atoms with Crippen LogP contribution >= 0.6 is 0 Å². The number of amides is 1. The Morgan fingerprint density at radius 3 is 2.43 bits per heavy atom. The second kappa shape index (κ2) is 9.18. The van der Waals surface area contributed by atoms with E-state index < -0.39 is 4.92 Å². The summed E-state index contributed by atoms with van der Waals surface area (Å²) in [6, 6.07) is 14.0. The van der Waals surface area contributed by atoms with Gasteiger partial charge in [0.25, 0.3) is 5.69 Å². The largest absolute Gasteiger partial charge is 0.492 e. The molecule has 0 bridgehead atoms. The van der Waals surface area contributed by atoms with Crippen molar-refractivity contribution in [3.63, 3.8) is 0 Å². The smallest absolute Gasteiger partial charge is 0.269 e. The molecule has 2 aromatic carbocycles. The molecule has 8 heteroatoms. The Labute approximate surface area is 163 Å². The number of nitro benzene ring substituents is 1. The van der Waals surface area contributed by atoms with Gasteiger partial charge in [0, 0.05) is 44.0 Å². The van der Waals surface area contributed by atoms with Gasteiger partial charge < -0.3 is 15.0 Å². The Morgan fingerprint density at radius 2 is 1.79 bits per heavy atom. The summed E-state index contributed by atoms with van der Waals surface area (Å²) in [5.74, 6) is 0.595. The van der Waals surface area contributed by atoms with E-state index in [1.54, 1.807) is 12.1 Å². The first-order valence-corrected chi connectivity index (χ1v) is 9.30. The first kappa shape index (κ1) is 19.6. The number of nitrogens with zero attached hydrogens (tertiary/aromatic N) is 3. The number of carbonyl (C=O) groups excluding carboxylic acids is 1. The summed E-state index contributed by atoms with van der Waals surface area (Å²) in [6.07, 6.45) is 0. The maximum Gasteiger partial charge on any atom is 0.269 e. The Balaban J connectivity index is 1.50. The van der Waals surface area contributed by atoms with Gasteiger partial charge in [0.2, 0.25) is 5.91 Å². The zero-order valence-electron chi connectivity index (χ0n) is 15.8. The van der Waals surface area contributed by atoms with E-state index in [1.807, 2.05) is 31.2 Å². The number of ether oxygens (including phenoxy) is 1. The first-order valence-electron chi connectivity index (χ1n) is 9.30. The highest BCUT2D eigenvalue weighted by atomic mass is 16.6. The van der Waals surface area contributed by atoms with Crippen molar-refractivity contribution < 1.29 is 14.5 Å². The average molecular weight is 384 g/mol. The van der Waals surface area contributed by atoms with Gasteiger partial charge in [-0.1, -0.05) is 12.1 Å². The van der Waals surface area contributed by atoms with Crippen molar-refractivity contribution in [1.82, 2.24) is 4.90 Å². The van der Waals surface area contributed by atoms with Gasteiger partial charge in [0.05, 0.1) is 23.8 Å². The van der Waals surface area contributed by atoms with Crippen molar-refractivity contribution in [2.45, 2.75) is 6.92 Å². The van der Waals surface area contributed by atoms with Crippen LogP contribution in [0.25, 0.3) is 0 Å². The Morgan fingerprint density at radius 1 is 1.11 bits per heavy atom. The molecular weight excluding hydrogens is 360 g/mol. The molecule has 2 aromatic rings. The Kier molecular flexibility index (Phi) is 6.44. The summed E-state index contributed by atoms with van der Waals surface area (Å²) in [4.78, 5) is 27.0. The highest BCUT2D eigenvalue weighted by molar-refractivity contribution is 5.93. The Hall–Kier alpha value is -3.13. The molecule has 1 aliphatic heterocycles. The van der Waals surface area contributed by atoms with Crippen LogP contribution < -0.4 is 15.0 Å². The summed E-state index contributed by atoms with van der Waals surface area (Å²) in [5.41, 5.74) is 1.73. The minimum Gasteiger partial charge on any atom is -0.492 e. The minimum absolute atomic E-state index is 0.0732. The standard InChI is InChI=1S/C20H24N4O4/c1-2-28-19-6-4-3-5-18(19)21-20(25)15-22-11-13-23(14-12-22)16-7-9-17(10-8-16)24(26)27/h3-10H,2,11-15H2,1H3,(H,21,25). The fraction of sp³-hybridized carbons (Fsp3) is 0.350. The molecular formula is C20H24N4O4. The van der Waals surface area contributed by atoms with Crippen LogP contribution in [-0.4, -0.2) is 55.1 Å². The third-order valence-electron chi connectivity index (χ3n) is 4.63. The molecule has 1 heterocycles. The number of non-ortho nitro benzene ring substituents is 1. The molecule has 0 unspecified atom stereocenters. The van der Waals surface area contributed by atoms with Gasteiger partial charge in [0.15, 0.2) is 0 Å².